The van der Waals surface area contributed by atoms with Gasteiger partial charge in [0.15, 0.2) is 0 Å². The number of esters is 1. The van der Waals surface area contributed by atoms with Gasteiger partial charge in [0.25, 0.3) is 11.7 Å². The lowest BCUT2D eigenvalue weighted by Gasteiger charge is -2.25. The molecule has 0 bridgehead atoms. The van der Waals surface area contributed by atoms with Crippen molar-refractivity contribution < 1.29 is 33.7 Å². The molecule has 8 heteroatoms. The summed E-state index contributed by atoms with van der Waals surface area (Å²) in [5, 5.41) is 11.2. The van der Waals surface area contributed by atoms with Crippen molar-refractivity contribution in [1.29, 1.82) is 0 Å². The van der Waals surface area contributed by atoms with E-state index in [-0.39, 0.29) is 17.9 Å². The smallest absolute Gasteiger partial charge is 0.337 e. The first-order chi connectivity index (χ1) is 16.9. The second-order valence-electron chi connectivity index (χ2n) is 8.18. The second kappa shape index (κ2) is 12.2. The molecule has 2 aromatic carbocycles. The normalized spacial score (nSPS) is 17.0. The molecule has 1 aliphatic heterocycles. The molecule has 1 N–H and O–H groups in total. The summed E-state index contributed by atoms with van der Waals surface area (Å²) in [5.41, 5.74) is 1.30. The van der Waals surface area contributed by atoms with Crippen molar-refractivity contribution in [1.82, 2.24) is 4.90 Å². The number of unbranched alkanes of at least 4 members (excludes halogenated alkanes) is 1. The molecule has 8 nitrogen and oxygen atoms in total. The van der Waals surface area contributed by atoms with Crippen molar-refractivity contribution >= 4 is 23.4 Å². The Morgan fingerprint density at radius 2 is 1.74 bits per heavy atom. The third kappa shape index (κ3) is 5.89. The molecular weight excluding hydrogens is 450 g/mol. The number of ether oxygens (including phenoxy) is 3. The van der Waals surface area contributed by atoms with E-state index in [1.807, 2.05) is 0 Å². The monoisotopic (exact) mass is 481 g/mol. The summed E-state index contributed by atoms with van der Waals surface area (Å²) in [6, 6.07) is 12.5. The number of aliphatic hydroxyl groups is 1. The molecular formula is C27H31NO7. The molecule has 0 aromatic heterocycles. The maximum Gasteiger partial charge on any atom is 0.337 e. The number of amides is 1. The van der Waals surface area contributed by atoms with Crippen LogP contribution in [0.15, 0.2) is 54.1 Å². The number of aliphatic hydroxyl groups excluding tert-OH is 1. The number of hydrogen-bond donors (Lipinski definition) is 1. The van der Waals surface area contributed by atoms with Crippen LogP contribution in [0.5, 0.6) is 5.75 Å². The first kappa shape index (κ1) is 26.0. The average Bonchev–Trinajstić information content (AvgIpc) is 3.13. The molecule has 3 rings (SSSR count). The first-order valence-corrected chi connectivity index (χ1v) is 11.6. The zero-order valence-corrected chi connectivity index (χ0v) is 20.3. The molecule has 1 aliphatic rings. The highest BCUT2D eigenvalue weighted by Crippen LogP contribution is 2.40. The van der Waals surface area contributed by atoms with E-state index in [2.05, 4.69) is 6.92 Å². The van der Waals surface area contributed by atoms with Crippen LogP contribution in [-0.4, -0.2) is 61.6 Å². The van der Waals surface area contributed by atoms with Gasteiger partial charge in [0.05, 0.1) is 30.9 Å². The fraction of sp³-hybridized carbons (Fsp3) is 0.370. The fourth-order valence-electron chi connectivity index (χ4n) is 3.98. The summed E-state index contributed by atoms with van der Waals surface area (Å²) >= 11 is 0. The summed E-state index contributed by atoms with van der Waals surface area (Å²) in [4.78, 5) is 39.4. The van der Waals surface area contributed by atoms with E-state index in [1.165, 1.54) is 12.0 Å². The van der Waals surface area contributed by atoms with E-state index in [0.717, 1.165) is 12.8 Å². The standard InChI is InChI=1S/C27H31NO7/c1-4-5-16-35-21-9-6-8-20(17-21)24(29)22-23(18-10-12-19(13-11-18)27(32)34-3)28(14-7-15-33-2)26(31)25(22)30/h6,8-13,17,23,29H,4-5,7,14-16H2,1-3H3/b24-22+. The molecule has 1 saturated heterocycles. The van der Waals surface area contributed by atoms with Gasteiger partial charge in [-0.25, -0.2) is 4.79 Å². The molecule has 2 aromatic rings. The van der Waals surface area contributed by atoms with Crippen molar-refractivity contribution in [2.24, 2.45) is 0 Å². The quantitative estimate of drug-likeness (QED) is 0.169. The molecule has 0 aliphatic carbocycles. The van der Waals surface area contributed by atoms with Gasteiger partial charge in [-0.05, 0) is 42.7 Å². The molecule has 0 spiro atoms. The lowest BCUT2D eigenvalue weighted by Crippen LogP contribution is -2.31. The Balaban J connectivity index is 2.05. The number of likely N-dealkylation sites (tertiary alicyclic amines) is 1. The van der Waals surface area contributed by atoms with Crippen LogP contribution < -0.4 is 4.74 Å². The molecule has 1 fully saturated rings. The van der Waals surface area contributed by atoms with E-state index in [0.29, 0.717) is 42.1 Å². The number of methoxy groups -OCH3 is 2. The van der Waals surface area contributed by atoms with Crippen LogP contribution >= 0.6 is 0 Å². The highest BCUT2D eigenvalue weighted by Gasteiger charge is 2.45. The van der Waals surface area contributed by atoms with Crippen LogP contribution in [0.3, 0.4) is 0 Å². The number of ketones is 1. The summed E-state index contributed by atoms with van der Waals surface area (Å²) in [7, 11) is 2.85. The topological polar surface area (TPSA) is 102 Å². The Kier molecular flexibility index (Phi) is 9.03. The molecule has 0 radical (unpaired) electrons. The van der Waals surface area contributed by atoms with Crippen molar-refractivity contribution in [2.45, 2.75) is 32.2 Å². The summed E-state index contributed by atoms with van der Waals surface area (Å²) in [6.45, 7) is 3.28. The van der Waals surface area contributed by atoms with Gasteiger partial charge in [0.2, 0.25) is 0 Å². The third-order valence-corrected chi connectivity index (χ3v) is 5.81. The number of hydrogen-bond acceptors (Lipinski definition) is 7. The highest BCUT2D eigenvalue weighted by molar-refractivity contribution is 6.46. The summed E-state index contributed by atoms with van der Waals surface area (Å²) in [6.07, 6.45) is 2.40. The Bertz CT molecular complexity index is 1090. The van der Waals surface area contributed by atoms with Crippen LogP contribution in [0.4, 0.5) is 0 Å². The molecule has 1 atom stereocenters. The Labute approximate surface area is 205 Å². The number of rotatable bonds is 11. The number of benzene rings is 2. The number of carbonyl (C=O) groups excluding carboxylic acids is 3. The van der Waals surface area contributed by atoms with E-state index in [9.17, 15) is 19.5 Å². The lowest BCUT2D eigenvalue weighted by molar-refractivity contribution is -0.140. The number of nitrogens with zero attached hydrogens (tertiary/aromatic N) is 1. The predicted molar refractivity (Wildman–Crippen MR) is 130 cm³/mol. The van der Waals surface area contributed by atoms with Gasteiger partial charge in [-0.2, -0.15) is 0 Å². The zero-order valence-electron chi connectivity index (χ0n) is 20.3. The van der Waals surface area contributed by atoms with Crippen LogP contribution in [-0.2, 0) is 19.1 Å². The Hall–Kier alpha value is -3.65. The van der Waals surface area contributed by atoms with Gasteiger partial charge in [0, 0.05) is 25.8 Å². The zero-order chi connectivity index (χ0) is 25.4. The van der Waals surface area contributed by atoms with Crippen molar-refractivity contribution in [2.75, 3.05) is 34.0 Å². The average molecular weight is 482 g/mol. The minimum absolute atomic E-state index is 0.0102. The maximum absolute atomic E-state index is 13.1. The molecule has 0 saturated carbocycles. The van der Waals surface area contributed by atoms with Gasteiger partial charge in [-0.1, -0.05) is 37.6 Å². The summed E-state index contributed by atoms with van der Waals surface area (Å²) in [5.74, 6) is -1.67. The minimum atomic E-state index is -0.816. The van der Waals surface area contributed by atoms with Gasteiger partial charge in [-0.15, -0.1) is 0 Å². The summed E-state index contributed by atoms with van der Waals surface area (Å²) < 4.78 is 15.6. The van der Waals surface area contributed by atoms with Crippen LogP contribution in [0.1, 0.15) is 53.7 Å². The van der Waals surface area contributed by atoms with E-state index in [1.54, 1.807) is 55.6 Å². The Morgan fingerprint density at radius 1 is 1.00 bits per heavy atom. The number of carbonyl (C=O) groups is 3. The van der Waals surface area contributed by atoms with E-state index >= 15 is 0 Å². The second-order valence-corrected chi connectivity index (χ2v) is 8.18. The van der Waals surface area contributed by atoms with Gasteiger partial charge < -0.3 is 24.2 Å². The first-order valence-electron chi connectivity index (χ1n) is 11.6. The van der Waals surface area contributed by atoms with Gasteiger partial charge in [0.1, 0.15) is 11.5 Å². The third-order valence-electron chi connectivity index (χ3n) is 5.81. The fourth-order valence-corrected chi connectivity index (χ4v) is 3.98. The highest BCUT2D eigenvalue weighted by atomic mass is 16.5. The van der Waals surface area contributed by atoms with E-state index in [4.69, 9.17) is 14.2 Å². The number of Topliss-reactive ketones (excluding diaryl/α,β-unsaturated/α-hetero) is 1. The minimum Gasteiger partial charge on any atom is -0.507 e. The van der Waals surface area contributed by atoms with Gasteiger partial charge in [-0.3, -0.25) is 9.59 Å². The van der Waals surface area contributed by atoms with Crippen LogP contribution in [0.25, 0.3) is 5.76 Å². The van der Waals surface area contributed by atoms with Crippen LogP contribution in [0.2, 0.25) is 0 Å². The Morgan fingerprint density at radius 3 is 2.40 bits per heavy atom. The molecule has 186 valence electrons. The molecule has 35 heavy (non-hydrogen) atoms. The SMILES string of the molecule is CCCCOc1cccc(/C(O)=C2\C(=O)C(=O)N(CCCOC)C2c2ccc(C(=O)OC)cc2)c1. The van der Waals surface area contributed by atoms with Crippen LogP contribution in [0, 0.1) is 0 Å². The van der Waals surface area contributed by atoms with Crippen molar-refractivity contribution in [3.05, 3.63) is 70.8 Å². The molecule has 1 heterocycles. The predicted octanol–water partition coefficient (Wildman–Crippen LogP) is 4.11. The molecule has 1 unspecified atom stereocenters. The lowest BCUT2D eigenvalue weighted by atomic mass is 9.94. The van der Waals surface area contributed by atoms with Crippen molar-refractivity contribution in [3.63, 3.8) is 0 Å². The van der Waals surface area contributed by atoms with Gasteiger partial charge >= 0.3 is 5.97 Å². The largest absolute Gasteiger partial charge is 0.507 e. The van der Waals surface area contributed by atoms with Crippen molar-refractivity contribution in [3.8, 4) is 5.75 Å². The van der Waals surface area contributed by atoms with E-state index < -0.39 is 23.7 Å². The molecule has 1 amide bonds. The maximum atomic E-state index is 13.1.